The van der Waals surface area contributed by atoms with Gasteiger partial charge in [-0.15, -0.1) is 0 Å². The highest BCUT2D eigenvalue weighted by molar-refractivity contribution is 5.82. The molecule has 1 amide bonds. The Kier molecular flexibility index (Phi) is 12.8. The molecule has 5 nitrogen and oxygen atoms in total. The third-order valence-corrected chi connectivity index (χ3v) is 9.04. The maximum Gasteiger partial charge on any atom is 0.422 e. The number of nitrogens with one attached hydrogen (secondary N) is 1. The molecule has 0 radical (unpaired) electrons. The summed E-state index contributed by atoms with van der Waals surface area (Å²) in [7, 11) is 0. The zero-order valence-corrected chi connectivity index (χ0v) is 25.5. The first-order valence-corrected chi connectivity index (χ1v) is 14.2. The van der Waals surface area contributed by atoms with Crippen LogP contribution in [-0.2, 0) is 16.8 Å². The Balaban J connectivity index is 0.00000294. The Morgan fingerprint density at radius 1 is 1.12 bits per heavy atom. The van der Waals surface area contributed by atoms with Gasteiger partial charge in [0.05, 0.1) is 5.92 Å². The molecule has 0 saturated carbocycles. The van der Waals surface area contributed by atoms with Crippen LogP contribution in [0.3, 0.4) is 0 Å². The molecule has 2 heterocycles. The number of nitrogens with zero attached hydrogens (tertiary/aromatic N) is 1. The van der Waals surface area contributed by atoms with Crippen molar-refractivity contribution in [1.82, 2.24) is 10.2 Å². The molecule has 4 rings (SSSR count). The maximum absolute atomic E-state index is 14.4. The van der Waals surface area contributed by atoms with Gasteiger partial charge < -0.3 is 45.5 Å². The number of amides is 1. The highest BCUT2D eigenvalue weighted by atomic mass is 35.5. The van der Waals surface area contributed by atoms with E-state index in [-0.39, 0.29) is 55.0 Å². The number of alkyl halides is 3. The normalized spacial score (nSPS) is 24.5. The van der Waals surface area contributed by atoms with Crippen molar-refractivity contribution in [1.29, 1.82) is 0 Å². The lowest BCUT2D eigenvalue weighted by Gasteiger charge is -2.46. The molecule has 0 unspecified atom stereocenters. The van der Waals surface area contributed by atoms with Crippen molar-refractivity contribution >= 4 is 5.91 Å². The summed E-state index contributed by atoms with van der Waals surface area (Å²) in [6.45, 7) is 6.82. The summed E-state index contributed by atoms with van der Waals surface area (Å²) >= 11 is 0. The van der Waals surface area contributed by atoms with Gasteiger partial charge in [-0.1, -0.05) is 76.1 Å². The summed E-state index contributed by atoms with van der Waals surface area (Å²) in [5.74, 6) is 0.714. The topological polar surface area (TPSA) is 67.6 Å². The lowest BCUT2D eigenvalue weighted by atomic mass is 9.70. The zero-order valence-electron chi connectivity index (χ0n) is 24.0. The zero-order chi connectivity index (χ0) is 28.2. The van der Waals surface area contributed by atoms with E-state index in [9.17, 15) is 18.0 Å². The second-order valence-electron chi connectivity index (χ2n) is 11.3. The molecule has 2 aromatic carbocycles. The number of hydrogen-bond donors (Lipinski definition) is 2. The average molecular weight is 617 g/mol. The van der Waals surface area contributed by atoms with Crippen molar-refractivity contribution in [2.45, 2.75) is 76.6 Å². The number of benzene rings is 2. The molecule has 0 aliphatic carbocycles. The van der Waals surface area contributed by atoms with E-state index in [0.717, 1.165) is 31.2 Å². The third-order valence-electron chi connectivity index (χ3n) is 9.04. The van der Waals surface area contributed by atoms with Gasteiger partial charge in [-0.3, -0.25) is 4.79 Å². The van der Waals surface area contributed by atoms with E-state index >= 15 is 0 Å². The van der Waals surface area contributed by atoms with Crippen LogP contribution in [0.25, 0.3) is 0 Å². The van der Waals surface area contributed by atoms with E-state index in [0.29, 0.717) is 37.0 Å². The van der Waals surface area contributed by atoms with Gasteiger partial charge in [0.2, 0.25) is 5.91 Å². The van der Waals surface area contributed by atoms with Crippen molar-refractivity contribution in [3.8, 4) is 5.75 Å². The molecule has 2 aromatic rings. The molecule has 2 aliphatic heterocycles. The van der Waals surface area contributed by atoms with Gasteiger partial charge in [-0.05, 0) is 41.9 Å². The Bertz CT molecular complexity index is 1120. The van der Waals surface area contributed by atoms with Crippen molar-refractivity contribution in [2.75, 3.05) is 26.2 Å². The first kappa shape index (κ1) is 35.2. The van der Waals surface area contributed by atoms with Crippen LogP contribution in [0.1, 0.15) is 69.1 Å². The lowest BCUT2D eigenvalue weighted by molar-refractivity contribution is -0.153. The first-order chi connectivity index (χ1) is 18.6. The highest BCUT2D eigenvalue weighted by Gasteiger charge is 2.49. The molecule has 10 heteroatoms. The molecule has 230 valence electrons. The smallest absolute Gasteiger partial charge is 0.422 e. The third kappa shape index (κ3) is 7.70. The minimum atomic E-state index is -4.45. The monoisotopic (exact) mass is 615 g/mol. The number of likely N-dealkylation sites (tertiary alicyclic amines) is 1. The SMILES string of the molecule is CCC(CC)[C@@H]1C[C@H](c2ccccc2)CCN1C(=O)[C@@H]1CNC[C@@]1(C)c1cccc(OCC(F)(F)F)c1CN.[Cl-].[Cl-]. The second-order valence-corrected chi connectivity index (χ2v) is 11.3. The molecule has 2 saturated heterocycles. The van der Waals surface area contributed by atoms with E-state index in [1.165, 1.54) is 11.6 Å². The van der Waals surface area contributed by atoms with E-state index in [1.807, 2.05) is 19.1 Å². The van der Waals surface area contributed by atoms with E-state index in [1.54, 1.807) is 6.07 Å². The van der Waals surface area contributed by atoms with Crippen LogP contribution in [0.5, 0.6) is 5.75 Å². The Hall–Kier alpha value is -2.00. The van der Waals surface area contributed by atoms with Crippen LogP contribution in [0.4, 0.5) is 13.2 Å². The van der Waals surface area contributed by atoms with Gasteiger partial charge >= 0.3 is 6.18 Å². The first-order valence-electron chi connectivity index (χ1n) is 14.2. The molecular weight excluding hydrogens is 574 g/mol. The van der Waals surface area contributed by atoms with Crippen molar-refractivity contribution in [3.05, 3.63) is 65.2 Å². The van der Waals surface area contributed by atoms with Crippen LogP contribution >= 0.6 is 0 Å². The molecule has 4 atom stereocenters. The van der Waals surface area contributed by atoms with Crippen LogP contribution in [0.2, 0.25) is 0 Å². The molecular formula is C31H42Cl2F3N3O2-2. The van der Waals surface area contributed by atoms with Gasteiger partial charge in [0.1, 0.15) is 5.75 Å². The number of nitrogens with two attached hydrogens (primary N) is 1. The minimum Gasteiger partial charge on any atom is -1.00 e. The maximum atomic E-state index is 14.4. The number of carbonyl (C=O) groups excluding carboxylic acids is 1. The standard InChI is InChI=1S/C31H42F3N3O2.2ClH/c1-4-21(5-2)27-16-23(22-10-7-6-8-11-22)14-15-37(27)29(38)26-18-36-19-30(26,3)25-12-9-13-28(24(25)17-35)39-20-31(32,33)34;;/h6-13,21,23,26-27,36H,4-5,14-20,35H2,1-3H3;2*1H/p-2/t23-,26+,27+,30+;;/m1../s1. The number of piperidine rings is 1. The predicted octanol–water partition coefficient (Wildman–Crippen LogP) is -0.217. The van der Waals surface area contributed by atoms with Crippen LogP contribution < -0.4 is 40.6 Å². The quantitative estimate of drug-likeness (QED) is 0.410. The molecule has 0 spiro atoms. The van der Waals surface area contributed by atoms with Gasteiger partial charge in [-0.25, -0.2) is 0 Å². The number of carbonyl (C=O) groups is 1. The molecule has 0 aromatic heterocycles. The average Bonchev–Trinajstić information content (AvgIpc) is 3.34. The summed E-state index contributed by atoms with van der Waals surface area (Å²) < 4.78 is 43.9. The summed E-state index contributed by atoms with van der Waals surface area (Å²) in [4.78, 5) is 16.5. The van der Waals surface area contributed by atoms with E-state index in [4.69, 9.17) is 10.5 Å². The van der Waals surface area contributed by atoms with Gasteiger partial charge in [0, 0.05) is 43.2 Å². The Morgan fingerprint density at radius 3 is 2.41 bits per heavy atom. The number of ether oxygens (including phenoxy) is 1. The molecule has 2 fully saturated rings. The summed E-state index contributed by atoms with van der Waals surface area (Å²) in [5.41, 5.74) is 8.09. The number of halogens is 5. The van der Waals surface area contributed by atoms with Crippen LogP contribution in [0, 0.1) is 11.8 Å². The molecule has 0 bridgehead atoms. The van der Waals surface area contributed by atoms with Crippen molar-refractivity contribution in [2.24, 2.45) is 17.6 Å². The molecule has 41 heavy (non-hydrogen) atoms. The lowest BCUT2D eigenvalue weighted by Crippen LogP contribution is -3.00. The van der Waals surface area contributed by atoms with Gasteiger partial charge in [0.25, 0.3) is 0 Å². The van der Waals surface area contributed by atoms with Crippen molar-refractivity contribution < 1.29 is 47.5 Å². The van der Waals surface area contributed by atoms with Crippen molar-refractivity contribution in [3.63, 3.8) is 0 Å². The Morgan fingerprint density at radius 2 is 1.80 bits per heavy atom. The summed E-state index contributed by atoms with van der Waals surface area (Å²) in [6, 6.07) is 15.8. The fourth-order valence-corrected chi connectivity index (χ4v) is 6.85. The van der Waals surface area contributed by atoms with E-state index < -0.39 is 18.2 Å². The predicted molar refractivity (Wildman–Crippen MR) is 148 cm³/mol. The molecule has 2 aliphatic rings. The minimum absolute atomic E-state index is 0. The Labute approximate surface area is 254 Å². The molecule has 3 N–H and O–H groups in total. The fourth-order valence-electron chi connectivity index (χ4n) is 6.85. The second kappa shape index (κ2) is 14.9. The largest absolute Gasteiger partial charge is 1.00 e. The number of hydrogen-bond acceptors (Lipinski definition) is 4. The van der Waals surface area contributed by atoms with Gasteiger partial charge in [0.15, 0.2) is 6.61 Å². The van der Waals surface area contributed by atoms with E-state index in [2.05, 4.69) is 48.3 Å². The van der Waals surface area contributed by atoms with Crippen LogP contribution in [-0.4, -0.2) is 49.3 Å². The van der Waals surface area contributed by atoms with Crippen LogP contribution in [0.15, 0.2) is 48.5 Å². The highest BCUT2D eigenvalue weighted by Crippen LogP contribution is 2.43. The van der Waals surface area contributed by atoms with Gasteiger partial charge in [-0.2, -0.15) is 13.2 Å². The fraction of sp³-hybridized carbons (Fsp3) is 0.581. The number of rotatable bonds is 9. The summed E-state index contributed by atoms with van der Waals surface area (Å²) in [5, 5.41) is 3.41. The summed E-state index contributed by atoms with van der Waals surface area (Å²) in [6.07, 6.45) is -0.591.